The third kappa shape index (κ3) is 2.34. The quantitative estimate of drug-likeness (QED) is 0.885. The highest BCUT2D eigenvalue weighted by Gasteiger charge is 2.28. The molecule has 2 aromatic rings. The molecule has 1 aliphatic carbocycles. The van der Waals surface area contributed by atoms with E-state index in [1.54, 1.807) is 0 Å². The molecular formula is C17H17F2N. The maximum absolute atomic E-state index is 13.7. The number of fused-ring (bicyclic) bond motifs is 1. The van der Waals surface area contributed by atoms with Crippen LogP contribution in [-0.2, 0) is 12.8 Å². The van der Waals surface area contributed by atoms with Crippen LogP contribution in [0.15, 0.2) is 42.5 Å². The lowest BCUT2D eigenvalue weighted by Crippen LogP contribution is -2.29. The van der Waals surface area contributed by atoms with Crippen LogP contribution < -0.4 is 5.73 Å². The second-order valence-electron chi connectivity index (χ2n) is 5.43. The van der Waals surface area contributed by atoms with Crippen LogP contribution in [0.1, 0.15) is 29.2 Å². The number of rotatable bonds is 2. The lowest BCUT2D eigenvalue weighted by atomic mass is 9.77. The summed E-state index contributed by atoms with van der Waals surface area (Å²) >= 11 is 0. The molecule has 0 saturated heterocycles. The van der Waals surface area contributed by atoms with Gasteiger partial charge in [-0.25, -0.2) is 8.78 Å². The van der Waals surface area contributed by atoms with Gasteiger partial charge in [0.05, 0.1) is 0 Å². The average Bonchev–Trinajstić information content (AvgIpc) is 2.45. The lowest BCUT2D eigenvalue weighted by molar-refractivity contribution is 0.365. The normalized spacial score (nSPS) is 21.6. The summed E-state index contributed by atoms with van der Waals surface area (Å²) in [5, 5.41) is 0. The first-order valence-electron chi connectivity index (χ1n) is 6.93. The molecule has 3 heteroatoms. The van der Waals surface area contributed by atoms with Gasteiger partial charge in [0.15, 0.2) is 0 Å². The lowest BCUT2D eigenvalue weighted by Gasteiger charge is -2.31. The Morgan fingerprint density at radius 2 is 1.70 bits per heavy atom. The van der Waals surface area contributed by atoms with E-state index < -0.39 is 11.6 Å². The molecule has 0 aliphatic heterocycles. The van der Waals surface area contributed by atoms with Crippen molar-refractivity contribution in [3.8, 4) is 0 Å². The van der Waals surface area contributed by atoms with Crippen LogP contribution >= 0.6 is 0 Å². The van der Waals surface area contributed by atoms with Crippen molar-refractivity contribution in [1.82, 2.24) is 0 Å². The molecule has 0 radical (unpaired) electrons. The minimum atomic E-state index is -0.476. The van der Waals surface area contributed by atoms with Gasteiger partial charge in [0.2, 0.25) is 0 Å². The minimum absolute atomic E-state index is 0.0799. The Labute approximate surface area is 117 Å². The third-order valence-electron chi connectivity index (χ3n) is 4.23. The van der Waals surface area contributed by atoms with Crippen molar-refractivity contribution in [2.75, 3.05) is 0 Å². The Hall–Kier alpha value is -1.74. The highest BCUT2D eigenvalue weighted by Crippen LogP contribution is 2.35. The van der Waals surface area contributed by atoms with E-state index in [9.17, 15) is 8.78 Å². The predicted molar refractivity (Wildman–Crippen MR) is 75.2 cm³/mol. The zero-order valence-corrected chi connectivity index (χ0v) is 11.2. The van der Waals surface area contributed by atoms with E-state index in [1.165, 1.54) is 23.8 Å². The monoisotopic (exact) mass is 273 g/mol. The molecular weight excluding hydrogens is 256 g/mol. The van der Waals surface area contributed by atoms with Crippen molar-refractivity contribution in [2.24, 2.45) is 11.7 Å². The van der Waals surface area contributed by atoms with E-state index in [4.69, 9.17) is 5.73 Å². The second-order valence-corrected chi connectivity index (χ2v) is 5.43. The maximum atomic E-state index is 13.7. The van der Waals surface area contributed by atoms with Gasteiger partial charge in [-0.2, -0.15) is 0 Å². The third-order valence-corrected chi connectivity index (χ3v) is 4.23. The number of halogens is 2. The fraction of sp³-hybridized carbons (Fsp3) is 0.294. The molecule has 0 aromatic heterocycles. The van der Waals surface area contributed by atoms with Crippen LogP contribution in [-0.4, -0.2) is 0 Å². The molecule has 2 aromatic carbocycles. The molecule has 0 fully saturated rings. The van der Waals surface area contributed by atoms with Crippen LogP contribution in [0.2, 0.25) is 0 Å². The van der Waals surface area contributed by atoms with Crippen molar-refractivity contribution in [1.29, 1.82) is 0 Å². The number of hydrogen-bond acceptors (Lipinski definition) is 1. The van der Waals surface area contributed by atoms with E-state index in [-0.39, 0.29) is 17.5 Å². The van der Waals surface area contributed by atoms with E-state index >= 15 is 0 Å². The zero-order chi connectivity index (χ0) is 14.1. The molecule has 2 unspecified atom stereocenters. The van der Waals surface area contributed by atoms with Crippen molar-refractivity contribution in [3.63, 3.8) is 0 Å². The first-order chi connectivity index (χ1) is 9.66. The Kier molecular flexibility index (Phi) is 3.53. The molecule has 0 spiro atoms. The van der Waals surface area contributed by atoms with Gasteiger partial charge in [0, 0.05) is 11.6 Å². The Morgan fingerprint density at radius 1 is 1.00 bits per heavy atom. The summed E-state index contributed by atoms with van der Waals surface area (Å²) in [4.78, 5) is 0. The fourth-order valence-electron chi connectivity index (χ4n) is 3.08. The zero-order valence-electron chi connectivity index (χ0n) is 11.2. The molecule has 1 nitrogen and oxygen atoms in total. The highest BCUT2D eigenvalue weighted by molar-refractivity contribution is 5.33. The van der Waals surface area contributed by atoms with Gasteiger partial charge in [-0.15, -0.1) is 0 Å². The molecule has 104 valence electrons. The largest absolute Gasteiger partial charge is 0.324 e. The van der Waals surface area contributed by atoms with Gasteiger partial charge in [-0.05, 0) is 48.4 Å². The summed E-state index contributed by atoms with van der Waals surface area (Å²) in [7, 11) is 0. The van der Waals surface area contributed by atoms with Gasteiger partial charge >= 0.3 is 0 Å². The van der Waals surface area contributed by atoms with Crippen molar-refractivity contribution in [3.05, 3.63) is 70.8 Å². The first kappa shape index (κ1) is 13.3. The SMILES string of the molecule is NC1c2ccccc2CCC1Cc1c(F)cccc1F. The molecule has 20 heavy (non-hydrogen) atoms. The molecule has 0 amide bonds. The summed E-state index contributed by atoms with van der Waals surface area (Å²) in [6.07, 6.45) is 2.14. The van der Waals surface area contributed by atoms with E-state index in [0.717, 1.165) is 18.4 Å². The summed E-state index contributed by atoms with van der Waals surface area (Å²) in [6, 6.07) is 11.9. The van der Waals surface area contributed by atoms with Crippen LogP contribution in [0.4, 0.5) is 8.78 Å². The Balaban J connectivity index is 1.87. The number of benzene rings is 2. The molecule has 2 atom stereocenters. The molecule has 0 saturated carbocycles. The standard InChI is InChI=1S/C17H17F2N/c18-15-6-3-7-16(19)14(15)10-12-9-8-11-4-1-2-5-13(11)17(12)20/h1-7,12,17H,8-10,20H2. The number of aryl methyl sites for hydroxylation is 1. The number of hydrogen-bond donors (Lipinski definition) is 1. The van der Waals surface area contributed by atoms with E-state index in [2.05, 4.69) is 6.07 Å². The summed E-state index contributed by atoms with van der Waals surface area (Å²) < 4.78 is 27.5. The van der Waals surface area contributed by atoms with Crippen LogP contribution in [0, 0.1) is 17.6 Å². The fourth-order valence-corrected chi connectivity index (χ4v) is 3.08. The molecule has 0 bridgehead atoms. The minimum Gasteiger partial charge on any atom is -0.324 e. The smallest absolute Gasteiger partial charge is 0.129 e. The average molecular weight is 273 g/mol. The van der Waals surface area contributed by atoms with Crippen LogP contribution in [0.5, 0.6) is 0 Å². The number of nitrogens with two attached hydrogens (primary N) is 1. The molecule has 2 N–H and O–H groups in total. The molecule has 1 aliphatic rings. The summed E-state index contributed by atoms with van der Waals surface area (Å²) in [5.74, 6) is -0.872. The van der Waals surface area contributed by atoms with Crippen molar-refractivity contribution >= 4 is 0 Å². The Bertz CT molecular complexity index is 604. The Morgan fingerprint density at radius 3 is 2.45 bits per heavy atom. The van der Waals surface area contributed by atoms with E-state index in [1.807, 2.05) is 18.2 Å². The maximum Gasteiger partial charge on any atom is 0.129 e. The van der Waals surface area contributed by atoms with Gasteiger partial charge in [0.25, 0.3) is 0 Å². The van der Waals surface area contributed by atoms with Gasteiger partial charge in [-0.3, -0.25) is 0 Å². The topological polar surface area (TPSA) is 26.0 Å². The van der Waals surface area contributed by atoms with Crippen LogP contribution in [0.3, 0.4) is 0 Å². The van der Waals surface area contributed by atoms with Crippen molar-refractivity contribution in [2.45, 2.75) is 25.3 Å². The van der Waals surface area contributed by atoms with Gasteiger partial charge in [0.1, 0.15) is 11.6 Å². The molecule has 3 rings (SSSR count). The summed E-state index contributed by atoms with van der Waals surface area (Å²) in [5.41, 5.74) is 8.82. The van der Waals surface area contributed by atoms with E-state index in [0.29, 0.717) is 6.42 Å². The molecule has 0 heterocycles. The van der Waals surface area contributed by atoms with Crippen LogP contribution in [0.25, 0.3) is 0 Å². The highest BCUT2D eigenvalue weighted by atomic mass is 19.1. The van der Waals surface area contributed by atoms with Gasteiger partial charge < -0.3 is 5.73 Å². The van der Waals surface area contributed by atoms with Gasteiger partial charge in [-0.1, -0.05) is 30.3 Å². The first-order valence-corrected chi connectivity index (χ1v) is 6.93. The van der Waals surface area contributed by atoms with Crippen molar-refractivity contribution < 1.29 is 8.78 Å². The summed E-state index contributed by atoms with van der Waals surface area (Å²) in [6.45, 7) is 0. The second kappa shape index (κ2) is 5.33. The predicted octanol–water partition coefficient (Wildman–Crippen LogP) is 3.77.